The number of para-hydroxylation sites is 1. The zero-order valence-electron chi connectivity index (χ0n) is 20.0. The molecule has 1 amide bonds. The average Bonchev–Trinajstić information content (AvgIpc) is 2.87. The van der Waals surface area contributed by atoms with Gasteiger partial charge in [0.25, 0.3) is 5.91 Å². The molecule has 186 valence electrons. The smallest absolute Gasteiger partial charge is 0.262 e. The van der Waals surface area contributed by atoms with Crippen molar-refractivity contribution >= 4 is 45.8 Å². The Bertz CT molecular complexity index is 1260. The molecule has 0 spiro atoms. The van der Waals surface area contributed by atoms with Crippen LogP contribution in [0.2, 0.25) is 0 Å². The van der Waals surface area contributed by atoms with Crippen molar-refractivity contribution in [1.29, 1.82) is 0 Å². The molecule has 1 heterocycles. The topological polar surface area (TPSA) is 93.7 Å². The van der Waals surface area contributed by atoms with Gasteiger partial charge in [0, 0.05) is 47.0 Å². The van der Waals surface area contributed by atoms with E-state index in [2.05, 4.69) is 33.2 Å². The number of carbonyl (C=O) groups is 3. The second kappa shape index (κ2) is 10.5. The highest BCUT2D eigenvalue weighted by Crippen LogP contribution is 2.47. The van der Waals surface area contributed by atoms with Crippen LogP contribution in [0, 0.1) is 3.57 Å². The highest BCUT2D eigenvalue weighted by atomic mass is 127. The predicted molar refractivity (Wildman–Crippen MR) is 144 cm³/mol. The number of anilines is 1. The van der Waals surface area contributed by atoms with Crippen LogP contribution in [0.3, 0.4) is 0 Å². The summed E-state index contributed by atoms with van der Waals surface area (Å²) >= 11 is 2.15. The molecular formula is C28H27IN2O5. The van der Waals surface area contributed by atoms with Crippen molar-refractivity contribution in [3.8, 4) is 11.5 Å². The monoisotopic (exact) mass is 598 g/mol. The molecule has 2 aliphatic carbocycles. The molecule has 0 fully saturated rings. The first kappa shape index (κ1) is 24.5. The van der Waals surface area contributed by atoms with Gasteiger partial charge in [-0.15, -0.1) is 0 Å². The van der Waals surface area contributed by atoms with Gasteiger partial charge in [-0.25, -0.2) is 0 Å². The molecule has 0 aromatic heterocycles. The summed E-state index contributed by atoms with van der Waals surface area (Å²) in [5.41, 5.74) is 4.79. The van der Waals surface area contributed by atoms with Crippen LogP contribution in [-0.2, 0) is 14.4 Å². The van der Waals surface area contributed by atoms with E-state index in [9.17, 15) is 14.4 Å². The summed E-state index contributed by atoms with van der Waals surface area (Å²) in [4.78, 5) is 38.6. The third-order valence-electron chi connectivity index (χ3n) is 6.78. The molecule has 8 heteroatoms. The number of dihydropyridines is 1. The summed E-state index contributed by atoms with van der Waals surface area (Å²) in [6.07, 6.45) is 4.20. The molecule has 2 aromatic carbocycles. The van der Waals surface area contributed by atoms with Gasteiger partial charge >= 0.3 is 0 Å². The number of ketones is 2. The quantitative estimate of drug-likeness (QED) is 0.454. The van der Waals surface area contributed by atoms with Crippen LogP contribution in [0.4, 0.5) is 5.69 Å². The summed E-state index contributed by atoms with van der Waals surface area (Å²) in [6, 6.07) is 12.9. The minimum absolute atomic E-state index is 0.0885. The van der Waals surface area contributed by atoms with Crippen LogP contribution < -0.4 is 20.1 Å². The lowest BCUT2D eigenvalue weighted by molar-refractivity contribution is -0.118. The number of hydrogen-bond acceptors (Lipinski definition) is 6. The average molecular weight is 598 g/mol. The lowest BCUT2D eigenvalue weighted by Gasteiger charge is -2.37. The van der Waals surface area contributed by atoms with Gasteiger partial charge in [0.1, 0.15) is 0 Å². The summed E-state index contributed by atoms with van der Waals surface area (Å²) in [5.74, 6) is 0.378. The van der Waals surface area contributed by atoms with Crippen molar-refractivity contribution in [2.75, 3.05) is 19.0 Å². The van der Waals surface area contributed by atoms with Gasteiger partial charge < -0.3 is 20.1 Å². The maximum absolute atomic E-state index is 13.1. The Kier molecular flexibility index (Phi) is 7.13. The Morgan fingerprint density at radius 3 is 2.25 bits per heavy atom. The lowest BCUT2D eigenvalue weighted by atomic mass is 9.71. The first-order valence-corrected chi connectivity index (χ1v) is 13.2. The molecule has 0 atom stereocenters. The van der Waals surface area contributed by atoms with E-state index in [1.54, 1.807) is 19.2 Å². The Hall–Kier alpha value is -3.14. The third-order valence-corrected chi connectivity index (χ3v) is 7.58. The van der Waals surface area contributed by atoms with Crippen molar-refractivity contribution in [3.63, 3.8) is 0 Å². The molecule has 7 nitrogen and oxygen atoms in total. The van der Waals surface area contributed by atoms with Gasteiger partial charge in [-0.05, 0) is 78.1 Å². The fourth-order valence-electron chi connectivity index (χ4n) is 5.22. The fourth-order valence-corrected chi connectivity index (χ4v) is 6.00. The molecule has 5 rings (SSSR count). The van der Waals surface area contributed by atoms with Gasteiger partial charge in [-0.1, -0.05) is 18.2 Å². The summed E-state index contributed by atoms with van der Waals surface area (Å²) in [6.45, 7) is -0.185. The zero-order chi connectivity index (χ0) is 25.2. The number of nitrogens with one attached hydrogen (secondary N) is 2. The summed E-state index contributed by atoms with van der Waals surface area (Å²) < 4.78 is 12.3. The Morgan fingerprint density at radius 1 is 1.00 bits per heavy atom. The SMILES string of the molecule is COc1cc(C2C3=C(CCCC3=O)NC3=C2C(=O)CCC3)cc(I)c1OCC(=O)Nc1ccccc1. The number of methoxy groups -OCH3 is 1. The second-order valence-corrected chi connectivity index (χ2v) is 10.3. The molecule has 0 saturated carbocycles. The molecule has 2 N–H and O–H groups in total. The summed E-state index contributed by atoms with van der Waals surface area (Å²) in [5, 5.41) is 6.24. The van der Waals surface area contributed by atoms with E-state index in [-0.39, 0.29) is 24.1 Å². The number of benzene rings is 2. The number of allylic oxidation sites excluding steroid dienone is 4. The van der Waals surface area contributed by atoms with Crippen LogP contribution in [-0.4, -0.2) is 31.2 Å². The van der Waals surface area contributed by atoms with Crippen molar-refractivity contribution in [2.24, 2.45) is 0 Å². The van der Waals surface area contributed by atoms with Crippen molar-refractivity contribution in [1.82, 2.24) is 5.32 Å². The molecule has 0 bridgehead atoms. The van der Waals surface area contributed by atoms with E-state index in [4.69, 9.17) is 9.47 Å². The number of hydrogen-bond donors (Lipinski definition) is 2. The van der Waals surface area contributed by atoms with E-state index in [1.165, 1.54) is 0 Å². The first-order valence-electron chi connectivity index (χ1n) is 12.1. The normalized spacial score (nSPS) is 17.8. The van der Waals surface area contributed by atoms with E-state index >= 15 is 0 Å². The van der Waals surface area contributed by atoms with Crippen LogP contribution in [0.25, 0.3) is 0 Å². The molecule has 0 radical (unpaired) electrons. The molecule has 2 aromatic rings. The molecule has 0 unspecified atom stereocenters. The van der Waals surface area contributed by atoms with Crippen molar-refractivity contribution < 1.29 is 23.9 Å². The number of amides is 1. The van der Waals surface area contributed by atoms with Crippen LogP contribution >= 0.6 is 22.6 Å². The number of halogens is 1. The highest BCUT2D eigenvalue weighted by molar-refractivity contribution is 14.1. The highest BCUT2D eigenvalue weighted by Gasteiger charge is 2.40. The van der Waals surface area contributed by atoms with E-state index in [0.29, 0.717) is 41.2 Å². The van der Waals surface area contributed by atoms with E-state index in [0.717, 1.165) is 46.2 Å². The van der Waals surface area contributed by atoms with E-state index in [1.807, 2.05) is 30.3 Å². The Morgan fingerprint density at radius 2 is 1.64 bits per heavy atom. The van der Waals surface area contributed by atoms with Crippen LogP contribution in [0.1, 0.15) is 50.0 Å². The number of carbonyl (C=O) groups excluding carboxylic acids is 3. The van der Waals surface area contributed by atoms with Crippen molar-refractivity contribution in [3.05, 3.63) is 74.1 Å². The van der Waals surface area contributed by atoms with Crippen molar-refractivity contribution in [2.45, 2.75) is 44.4 Å². The lowest BCUT2D eigenvalue weighted by Crippen LogP contribution is -2.36. The van der Waals surface area contributed by atoms with Gasteiger partial charge in [0.05, 0.1) is 10.7 Å². The zero-order valence-corrected chi connectivity index (χ0v) is 22.1. The van der Waals surface area contributed by atoms with Crippen LogP contribution in [0.5, 0.6) is 11.5 Å². The number of ether oxygens (including phenoxy) is 2. The number of rotatable bonds is 6. The molecule has 3 aliphatic rings. The van der Waals surface area contributed by atoms with E-state index < -0.39 is 5.92 Å². The predicted octanol–water partition coefficient (Wildman–Crippen LogP) is 5.02. The van der Waals surface area contributed by atoms with Crippen LogP contribution in [0.15, 0.2) is 65.0 Å². The van der Waals surface area contributed by atoms with Gasteiger partial charge in [0.2, 0.25) is 0 Å². The minimum atomic E-state index is -0.422. The summed E-state index contributed by atoms with van der Waals surface area (Å²) in [7, 11) is 1.54. The Balaban J connectivity index is 1.47. The molecule has 36 heavy (non-hydrogen) atoms. The maximum atomic E-state index is 13.1. The molecule has 1 aliphatic heterocycles. The second-order valence-electron chi connectivity index (χ2n) is 9.13. The molecule has 0 saturated heterocycles. The number of Topliss-reactive ketones (excluding diaryl/α,β-unsaturated/α-hetero) is 2. The Labute approximate surface area is 223 Å². The fraction of sp³-hybridized carbons (Fsp3) is 0.321. The maximum Gasteiger partial charge on any atom is 0.262 e. The molecular weight excluding hydrogens is 571 g/mol. The minimum Gasteiger partial charge on any atom is -0.493 e. The van der Waals surface area contributed by atoms with Gasteiger partial charge in [0.15, 0.2) is 29.7 Å². The largest absolute Gasteiger partial charge is 0.493 e. The van der Waals surface area contributed by atoms with Gasteiger partial charge in [-0.3, -0.25) is 14.4 Å². The standard InChI is InChI=1S/C28H27IN2O5/c1-35-23-14-16(13-18(29)28(23)36-15-24(34)30-17-7-3-2-4-8-17)25-26-19(9-5-11-21(26)32)31-20-10-6-12-22(33)27(20)25/h2-4,7-8,13-14,25,31H,5-6,9-12,15H2,1H3,(H,30,34). The van der Waals surface area contributed by atoms with Gasteiger partial charge in [-0.2, -0.15) is 0 Å². The third kappa shape index (κ3) is 4.78. The first-order chi connectivity index (χ1) is 17.5.